The minimum Gasteiger partial charge on any atom is -0.297 e. The molecular weight excluding hydrogens is 160 g/mol. The average Bonchev–Trinajstić information content (AvgIpc) is 2.31. The zero-order valence-corrected chi connectivity index (χ0v) is 7.77. The van der Waals surface area contributed by atoms with Gasteiger partial charge in [-0.05, 0) is 20.8 Å². The van der Waals surface area contributed by atoms with Gasteiger partial charge in [-0.1, -0.05) is 0 Å². The summed E-state index contributed by atoms with van der Waals surface area (Å²) in [5.41, 5.74) is 0.0590. The quantitative estimate of drug-likeness (QED) is 0.544. The van der Waals surface area contributed by atoms with Crippen LogP contribution in [0.2, 0.25) is 0 Å². The molecule has 3 heteroatoms. The monoisotopic (exact) mass is 175 g/mol. The Morgan fingerprint density at radius 1 is 1.17 bits per heavy atom. The molecule has 2 atom stereocenters. The van der Waals surface area contributed by atoms with Gasteiger partial charge in [-0.15, -0.1) is 0 Å². The van der Waals surface area contributed by atoms with Crippen LogP contribution in [0.15, 0.2) is 0 Å². The highest BCUT2D eigenvalue weighted by Crippen LogP contribution is 2.60. The highest BCUT2D eigenvalue weighted by molar-refractivity contribution is 5.13. The predicted molar refractivity (Wildman–Crippen MR) is 43.3 cm³/mol. The molecule has 1 saturated carbocycles. The molecule has 0 aromatic rings. The molecule has 0 aromatic carbocycles. The van der Waals surface area contributed by atoms with Gasteiger partial charge in [0.05, 0.1) is 0 Å². The molecule has 1 nitrogen and oxygen atoms in total. The van der Waals surface area contributed by atoms with Gasteiger partial charge in [-0.2, -0.15) is 0 Å². The lowest BCUT2D eigenvalue weighted by molar-refractivity contribution is 0.0316. The van der Waals surface area contributed by atoms with Gasteiger partial charge in [0.2, 0.25) is 0 Å². The van der Waals surface area contributed by atoms with Crippen molar-refractivity contribution in [2.45, 2.75) is 32.2 Å². The summed E-state index contributed by atoms with van der Waals surface area (Å²) < 4.78 is 25.6. The molecule has 1 heterocycles. The van der Waals surface area contributed by atoms with E-state index in [1.165, 1.54) is 0 Å². The molecular formula is C9H15F2N. The number of alkyl halides is 2. The summed E-state index contributed by atoms with van der Waals surface area (Å²) in [5, 5.41) is 0. The summed E-state index contributed by atoms with van der Waals surface area (Å²) in [6.45, 7) is 7.41. The van der Waals surface area contributed by atoms with Gasteiger partial charge in [-0.3, -0.25) is 4.90 Å². The summed E-state index contributed by atoms with van der Waals surface area (Å²) >= 11 is 0. The molecule has 0 bridgehead atoms. The lowest BCUT2D eigenvalue weighted by atomic mass is 10.1. The lowest BCUT2D eigenvalue weighted by Crippen LogP contribution is -2.42. The van der Waals surface area contributed by atoms with Gasteiger partial charge in [0.1, 0.15) is 0 Å². The Balaban J connectivity index is 1.99. The van der Waals surface area contributed by atoms with Crippen molar-refractivity contribution in [1.82, 2.24) is 4.90 Å². The Labute approximate surface area is 71.7 Å². The molecule has 2 aliphatic rings. The molecule has 0 aromatic heterocycles. The van der Waals surface area contributed by atoms with E-state index in [4.69, 9.17) is 0 Å². The summed E-state index contributed by atoms with van der Waals surface area (Å²) in [4.78, 5) is 2.15. The van der Waals surface area contributed by atoms with Crippen molar-refractivity contribution in [3.63, 3.8) is 0 Å². The molecule has 0 N–H and O–H groups in total. The summed E-state index contributed by atoms with van der Waals surface area (Å²) in [6.07, 6.45) is 0. The first-order valence-electron chi connectivity index (χ1n) is 4.46. The molecule has 2 rings (SSSR count). The molecule has 70 valence electrons. The van der Waals surface area contributed by atoms with Crippen molar-refractivity contribution in [1.29, 1.82) is 0 Å². The third kappa shape index (κ3) is 0.987. The highest BCUT2D eigenvalue weighted by Gasteiger charge is 2.72. The van der Waals surface area contributed by atoms with Crippen LogP contribution in [0.5, 0.6) is 0 Å². The number of rotatable bonds is 0. The van der Waals surface area contributed by atoms with E-state index in [9.17, 15) is 8.78 Å². The maximum Gasteiger partial charge on any atom is 0.257 e. The predicted octanol–water partition coefficient (Wildman–Crippen LogP) is 1.98. The van der Waals surface area contributed by atoms with E-state index >= 15 is 0 Å². The Hall–Kier alpha value is -0.180. The van der Waals surface area contributed by atoms with E-state index in [0.29, 0.717) is 13.1 Å². The number of fused-ring (bicyclic) bond motifs is 1. The summed E-state index contributed by atoms with van der Waals surface area (Å²) in [5.74, 6) is -3.00. The number of hydrogen-bond donors (Lipinski definition) is 0. The number of nitrogens with zero attached hydrogens (tertiary/aromatic N) is 1. The van der Waals surface area contributed by atoms with Crippen molar-refractivity contribution in [2.24, 2.45) is 11.8 Å². The van der Waals surface area contributed by atoms with Crippen LogP contribution in [0, 0.1) is 11.8 Å². The van der Waals surface area contributed by atoms with Crippen LogP contribution < -0.4 is 0 Å². The Morgan fingerprint density at radius 3 is 1.92 bits per heavy atom. The largest absolute Gasteiger partial charge is 0.297 e. The van der Waals surface area contributed by atoms with Crippen molar-refractivity contribution in [2.75, 3.05) is 13.1 Å². The first-order chi connectivity index (χ1) is 5.33. The maximum absolute atomic E-state index is 12.8. The van der Waals surface area contributed by atoms with Gasteiger partial charge >= 0.3 is 0 Å². The molecule has 1 aliphatic carbocycles. The molecule has 0 radical (unpaired) electrons. The molecule has 1 aliphatic heterocycles. The molecule has 12 heavy (non-hydrogen) atoms. The smallest absolute Gasteiger partial charge is 0.257 e. The van der Waals surface area contributed by atoms with Gasteiger partial charge in [0, 0.05) is 30.5 Å². The fourth-order valence-electron chi connectivity index (χ4n) is 2.06. The van der Waals surface area contributed by atoms with Crippen LogP contribution in [0.3, 0.4) is 0 Å². The Kier molecular flexibility index (Phi) is 1.41. The molecule has 2 unspecified atom stereocenters. The third-order valence-electron chi connectivity index (χ3n) is 3.15. The van der Waals surface area contributed by atoms with Gasteiger partial charge in [0.15, 0.2) is 0 Å². The van der Waals surface area contributed by atoms with Crippen LogP contribution in [-0.4, -0.2) is 29.5 Å². The van der Waals surface area contributed by atoms with E-state index in [1.807, 2.05) is 0 Å². The second-order valence-electron chi connectivity index (χ2n) is 4.96. The van der Waals surface area contributed by atoms with Crippen LogP contribution in [0.25, 0.3) is 0 Å². The second kappa shape index (κ2) is 2.00. The fourth-order valence-corrected chi connectivity index (χ4v) is 2.06. The average molecular weight is 175 g/mol. The number of piperidine rings is 1. The van der Waals surface area contributed by atoms with E-state index in [0.717, 1.165) is 0 Å². The van der Waals surface area contributed by atoms with E-state index in [1.54, 1.807) is 0 Å². The normalized spacial score (nSPS) is 39.8. The zero-order valence-electron chi connectivity index (χ0n) is 7.77. The maximum atomic E-state index is 12.8. The number of halogens is 2. The molecule has 2 fully saturated rings. The van der Waals surface area contributed by atoms with Gasteiger partial charge in [-0.25, -0.2) is 8.78 Å². The Morgan fingerprint density at radius 2 is 1.58 bits per heavy atom. The van der Waals surface area contributed by atoms with E-state index in [-0.39, 0.29) is 17.4 Å². The van der Waals surface area contributed by atoms with E-state index in [2.05, 4.69) is 25.7 Å². The SMILES string of the molecule is CC(C)(C)N1CC2C(C1)C2(F)F. The first kappa shape index (κ1) is 8.42. The standard InChI is InChI=1S/C9H15F2N/c1-8(2,3)12-4-6-7(5-12)9(6,10)11/h6-7H,4-5H2,1-3H3. The zero-order chi connectivity index (χ0) is 9.15. The molecule has 0 amide bonds. The molecule has 1 saturated heterocycles. The number of hydrogen-bond acceptors (Lipinski definition) is 1. The van der Waals surface area contributed by atoms with Gasteiger partial charge in [0.25, 0.3) is 5.92 Å². The van der Waals surface area contributed by atoms with Crippen LogP contribution >= 0.6 is 0 Å². The highest BCUT2D eigenvalue weighted by atomic mass is 19.3. The van der Waals surface area contributed by atoms with Gasteiger partial charge < -0.3 is 0 Å². The Bertz CT molecular complexity index is 193. The van der Waals surface area contributed by atoms with Crippen molar-refractivity contribution in [3.8, 4) is 0 Å². The second-order valence-corrected chi connectivity index (χ2v) is 4.96. The minimum absolute atomic E-state index is 0.0590. The van der Waals surface area contributed by atoms with Crippen molar-refractivity contribution >= 4 is 0 Å². The summed E-state index contributed by atoms with van der Waals surface area (Å²) in [7, 11) is 0. The minimum atomic E-state index is -2.33. The topological polar surface area (TPSA) is 3.24 Å². The van der Waals surface area contributed by atoms with Crippen molar-refractivity contribution < 1.29 is 8.78 Å². The van der Waals surface area contributed by atoms with Crippen molar-refractivity contribution in [3.05, 3.63) is 0 Å². The van der Waals surface area contributed by atoms with Crippen LogP contribution in [-0.2, 0) is 0 Å². The fraction of sp³-hybridized carbons (Fsp3) is 1.00. The first-order valence-corrected chi connectivity index (χ1v) is 4.46. The van der Waals surface area contributed by atoms with E-state index < -0.39 is 5.92 Å². The van der Waals surface area contributed by atoms with Crippen LogP contribution in [0.4, 0.5) is 8.78 Å². The van der Waals surface area contributed by atoms with Crippen LogP contribution in [0.1, 0.15) is 20.8 Å². The lowest BCUT2D eigenvalue weighted by Gasteiger charge is -2.33. The molecule has 0 spiro atoms. The third-order valence-corrected chi connectivity index (χ3v) is 3.15. The number of likely N-dealkylation sites (tertiary alicyclic amines) is 1. The summed E-state index contributed by atoms with van der Waals surface area (Å²) in [6, 6.07) is 0.